The molecule has 1 amide bonds. The van der Waals surface area contributed by atoms with Gasteiger partial charge in [-0.05, 0) is 31.4 Å². The number of methoxy groups -OCH3 is 1. The van der Waals surface area contributed by atoms with E-state index < -0.39 is 0 Å². The van der Waals surface area contributed by atoms with Crippen molar-refractivity contribution in [2.45, 2.75) is 51.6 Å². The fourth-order valence-electron chi connectivity index (χ4n) is 2.86. The SMILES string of the molecule is COC(CNC(=O)CCC1CCCC1)c1ccc(C)s1. The summed E-state index contributed by atoms with van der Waals surface area (Å²) in [6.07, 6.45) is 6.98. The van der Waals surface area contributed by atoms with Gasteiger partial charge in [-0.15, -0.1) is 11.3 Å². The Morgan fingerprint density at radius 1 is 1.45 bits per heavy atom. The molecule has 1 aliphatic carbocycles. The molecular weight excluding hydrogens is 270 g/mol. The normalized spacial score (nSPS) is 17.3. The Hall–Kier alpha value is -0.870. The van der Waals surface area contributed by atoms with Gasteiger partial charge in [-0.25, -0.2) is 0 Å². The van der Waals surface area contributed by atoms with Gasteiger partial charge in [-0.2, -0.15) is 0 Å². The molecule has 1 aromatic rings. The molecule has 1 aliphatic rings. The van der Waals surface area contributed by atoms with Gasteiger partial charge >= 0.3 is 0 Å². The van der Waals surface area contributed by atoms with E-state index in [-0.39, 0.29) is 12.0 Å². The van der Waals surface area contributed by atoms with Crippen LogP contribution in [0.4, 0.5) is 0 Å². The van der Waals surface area contributed by atoms with Gasteiger partial charge in [0.15, 0.2) is 0 Å². The number of carbonyl (C=O) groups excluding carboxylic acids is 1. The van der Waals surface area contributed by atoms with E-state index in [2.05, 4.69) is 24.4 Å². The van der Waals surface area contributed by atoms with Crippen LogP contribution in [0.15, 0.2) is 12.1 Å². The van der Waals surface area contributed by atoms with Crippen LogP contribution in [0.3, 0.4) is 0 Å². The van der Waals surface area contributed by atoms with E-state index in [1.807, 2.05) is 0 Å². The first-order chi connectivity index (χ1) is 9.69. The number of hydrogen-bond acceptors (Lipinski definition) is 3. The van der Waals surface area contributed by atoms with Crippen molar-refractivity contribution in [1.82, 2.24) is 5.32 Å². The Balaban J connectivity index is 1.70. The van der Waals surface area contributed by atoms with Gasteiger partial charge in [0, 0.05) is 29.8 Å². The van der Waals surface area contributed by atoms with Crippen LogP contribution in [0.1, 0.15) is 54.4 Å². The predicted molar refractivity (Wildman–Crippen MR) is 83.0 cm³/mol. The second-order valence-corrected chi connectivity index (χ2v) is 6.99. The number of ether oxygens (including phenoxy) is 1. The molecule has 0 bridgehead atoms. The number of amides is 1. The Labute approximate surface area is 125 Å². The van der Waals surface area contributed by atoms with Gasteiger partial charge < -0.3 is 10.1 Å². The summed E-state index contributed by atoms with van der Waals surface area (Å²) in [6.45, 7) is 2.65. The summed E-state index contributed by atoms with van der Waals surface area (Å²) in [4.78, 5) is 14.3. The van der Waals surface area contributed by atoms with Crippen molar-refractivity contribution in [3.05, 3.63) is 21.9 Å². The number of nitrogens with one attached hydrogen (secondary N) is 1. The quantitative estimate of drug-likeness (QED) is 0.830. The zero-order chi connectivity index (χ0) is 14.4. The highest BCUT2D eigenvalue weighted by Crippen LogP contribution is 2.28. The van der Waals surface area contributed by atoms with Crippen LogP contribution in [0.5, 0.6) is 0 Å². The summed E-state index contributed by atoms with van der Waals surface area (Å²) < 4.78 is 5.47. The molecule has 0 radical (unpaired) electrons. The van der Waals surface area contributed by atoms with Gasteiger partial charge in [-0.3, -0.25) is 4.79 Å². The van der Waals surface area contributed by atoms with E-state index >= 15 is 0 Å². The highest BCUT2D eigenvalue weighted by atomic mass is 32.1. The summed E-state index contributed by atoms with van der Waals surface area (Å²) in [5.41, 5.74) is 0. The molecule has 4 heteroatoms. The lowest BCUT2D eigenvalue weighted by Crippen LogP contribution is -2.28. The van der Waals surface area contributed by atoms with Gasteiger partial charge in [0.25, 0.3) is 0 Å². The number of thiophene rings is 1. The first kappa shape index (κ1) is 15.5. The van der Waals surface area contributed by atoms with Gasteiger partial charge in [0.2, 0.25) is 5.91 Å². The van der Waals surface area contributed by atoms with E-state index in [9.17, 15) is 4.79 Å². The average molecular weight is 295 g/mol. The molecule has 0 aliphatic heterocycles. The summed E-state index contributed by atoms with van der Waals surface area (Å²) in [7, 11) is 1.70. The fraction of sp³-hybridized carbons (Fsp3) is 0.688. The highest BCUT2D eigenvalue weighted by molar-refractivity contribution is 7.12. The van der Waals surface area contributed by atoms with Crippen LogP contribution in [-0.4, -0.2) is 19.6 Å². The molecule has 1 saturated carbocycles. The standard InChI is InChI=1S/C16H25NO2S/c1-12-7-9-15(20-12)14(19-2)11-17-16(18)10-8-13-5-3-4-6-13/h7,9,13-14H,3-6,8,10-11H2,1-2H3,(H,17,18). The zero-order valence-corrected chi connectivity index (χ0v) is 13.3. The van der Waals surface area contributed by atoms with Gasteiger partial charge in [0.1, 0.15) is 6.10 Å². The van der Waals surface area contributed by atoms with Crippen molar-refractivity contribution in [1.29, 1.82) is 0 Å². The van der Waals surface area contributed by atoms with Crippen molar-refractivity contribution in [3.63, 3.8) is 0 Å². The Kier molecular flexibility index (Phi) is 6.05. The minimum atomic E-state index is -0.0240. The molecule has 1 N–H and O–H groups in total. The van der Waals surface area contributed by atoms with Crippen molar-refractivity contribution in [2.24, 2.45) is 5.92 Å². The highest BCUT2D eigenvalue weighted by Gasteiger charge is 2.17. The maximum absolute atomic E-state index is 11.9. The lowest BCUT2D eigenvalue weighted by Gasteiger charge is -2.15. The first-order valence-corrected chi connectivity index (χ1v) is 8.36. The van der Waals surface area contributed by atoms with Crippen molar-refractivity contribution in [3.8, 4) is 0 Å². The van der Waals surface area contributed by atoms with Crippen LogP contribution >= 0.6 is 11.3 Å². The van der Waals surface area contributed by atoms with Gasteiger partial charge in [-0.1, -0.05) is 25.7 Å². The molecule has 1 aromatic heterocycles. The number of carbonyl (C=O) groups is 1. The summed E-state index contributed by atoms with van der Waals surface area (Å²) in [5.74, 6) is 0.936. The maximum Gasteiger partial charge on any atom is 0.220 e. The summed E-state index contributed by atoms with van der Waals surface area (Å²) >= 11 is 1.73. The molecule has 0 saturated heterocycles. The largest absolute Gasteiger partial charge is 0.374 e. The molecule has 20 heavy (non-hydrogen) atoms. The van der Waals surface area contributed by atoms with Crippen LogP contribution in [-0.2, 0) is 9.53 Å². The Bertz CT molecular complexity index is 424. The second-order valence-electron chi connectivity index (χ2n) is 5.67. The van der Waals surface area contributed by atoms with Crippen molar-refractivity contribution in [2.75, 3.05) is 13.7 Å². The van der Waals surface area contributed by atoms with E-state index in [0.717, 1.165) is 12.3 Å². The second kappa shape index (κ2) is 7.79. The van der Waals surface area contributed by atoms with E-state index in [1.165, 1.54) is 35.4 Å². The molecule has 0 spiro atoms. The lowest BCUT2D eigenvalue weighted by atomic mass is 10.0. The van der Waals surface area contributed by atoms with Crippen LogP contribution in [0, 0.1) is 12.8 Å². The fourth-order valence-corrected chi connectivity index (χ4v) is 3.81. The van der Waals surface area contributed by atoms with E-state index in [1.54, 1.807) is 18.4 Å². The predicted octanol–water partition coefficient (Wildman–Crippen LogP) is 3.83. The third kappa shape index (κ3) is 4.60. The molecule has 1 fully saturated rings. The number of hydrogen-bond donors (Lipinski definition) is 1. The minimum absolute atomic E-state index is 0.0240. The summed E-state index contributed by atoms with van der Waals surface area (Å²) in [6, 6.07) is 4.17. The number of rotatable bonds is 7. The lowest BCUT2D eigenvalue weighted by molar-refractivity contribution is -0.121. The number of aryl methyl sites for hydroxylation is 1. The smallest absolute Gasteiger partial charge is 0.220 e. The molecule has 112 valence electrons. The zero-order valence-electron chi connectivity index (χ0n) is 12.5. The van der Waals surface area contributed by atoms with Crippen LogP contribution < -0.4 is 5.32 Å². The van der Waals surface area contributed by atoms with Crippen LogP contribution in [0.25, 0.3) is 0 Å². The molecule has 1 atom stereocenters. The molecule has 2 rings (SSSR count). The third-order valence-corrected chi connectivity index (χ3v) is 5.19. The topological polar surface area (TPSA) is 38.3 Å². The van der Waals surface area contributed by atoms with Crippen molar-refractivity contribution < 1.29 is 9.53 Å². The Morgan fingerprint density at radius 2 is 2.20 bits per heavy atom. The maximum atomic E-state index is 11.9. The first-order valence-electron chi connectivity index (χ1n) is 7.55. The third-order valence-electron chi connectivity index (χ3n) is 4.10. The molecule has 1 unspecified atom stereocenters. The van der Waals surface area contributed by atoms with Crippen LogP contribution in [0.2, 0.25) is 0 Å². The van der Waals surface area contributed by atoms with Crippen molar-refractivity contribution >= 4 is 17.2 Å². The molecule has 3 nitrogen and oxygen atoms in total. The average Bonchev–Trinajstić information content (AvgIpc) is 3.09. The monoisotopic (exact) mass is 295 g/mol. The Morgan fingerprint density at radius 3 is 2.80 bits per heavy atom. The molecule has 1 heterocycles. The van der Waals surface area contributed by atoms with E-state index in [4.69, 9.17) is 4.74 Å². The molecular formula is C16H25NO2S. The summed E-state index contributed by atoms with van der Waals surface area (Å²) in [5, 5.41) is 3.01. The van der Waals surface area contributed by atoms with Gasteiger partial charge in [0.05, 0.1) is 0 Å². The van der Waals surface area contributed by atoms with E-state index in [0.29, 0.717) is 13.0 Å². The minimum Gasteiger partial charge on any atom is -0.374 e. The molecule has 0 aromatic carbocycles.